The minimum absolute atomic E-state index is 0.113. The summed E-state index contributed by atoms with van der Waals surface area (Å²) in [4.78, 5) is 11.3. The molecule has 1 aromatic rings. The first kappa shape index (κ1) is 16.8. The molecule has 2 heterocycles. The molecule has 0 radical (unpaired) electrons. The van der Waals surface area contributed by atoms with Crippen molar-refractivity contribution in [1.82, 2.24) is 19.8 Å². The zero-order chi connectivity index (χ0) is 16.5. The number of aromatic nitrogens is 2. The van der Waals surface area contributed by atoms with Gasteiger partial charge in [0.1, 0.15) is 5.82 Å². The molecule has 1 saturated heterocycles. The second-order valence-corrected chi connectivity index (χ2v) is 7.82. The first-order chi connectivity index (χ1) is 10.2. The summed E-state index contributed by atoms with van der Waals surface area (Å²) in [5.74, 6) is 2.64. The highest BCUT2D eigenvalue weighted by atomic mass is 15.4. The number of hydrogen-bond acceptors (Lipinski definition) is 2. The highest BCUT2D eigenvalue weighted by Gasteiger charge is 2.53. The van der Waals surface area contributed by atoms with Gasteiger partial charge in [-0.1, -0.05) is 27.7 Å². The standard InChI is InChI=1S/C17H31N5/c1-13(2)11-21-9-8-19-14(21)10-20-15(18-7)22-12-16(3,4)17(22,5)6/h8-9,13H,10-12H2,1-7H3,(H,18,20). The van der Waals surface area contributed by atoms with Gasteiger partial charge in [0.05, 0.1) is 6.54 Å². The zero-order valence-corrected chi connectivity index (χ0v) is 15.1. The largest absolute Gasteiger partial charge is 0.349 e. The number of aliphatic imine (C=N–C) groups is 1. The predicted octanol–water partition coefficient (Wildman–Crippen LogP) is 2.73. The molecule has 22 heavy (non-hydrogen) atoms. The summed E-state index contributed by atoms with van der Waals surface area (Å²) >= 11 is 0. The molecule has 1 aliphatic heterocycles. The third kappa shape index (κ3) is 2.99. The van der Waals surface area contributed by atoms with Crippen LogP contribution in [-0.2, 0) is 13.1 Å². The van der Waals surface area contributed by atoms with Crippen LogP contribution in [0.1, 0.15) is 47.4 Å². The smallest absolute Gasteiger partial charge is 0.194 e. The number of imidazole rings is 1. The monoisotopic (exact) mass is 305 g/mol. The highest BCUT2D eigenvalue weighted by molar-refractivity contribution is 5.81. The van der Waals surface area contributed by atoms with Crippen LogP contribution in [0.2, 0.25) is 0 Å². The minimum atomic E-state index is 0.113. The molecular formula is C17H31N5. The Balaban J connectivity index is 2.01. The van der Waals surface area contributed by atoms with E-state index in [9.17, 15) is 0 Å². The van der Waals surface area contributed by atoms with Crippen molar-refractivity contribution in [3.05, 3.63) is 18.2 Å². The van der Waals surface area contributed by atoms with Gasteiger partial charge in [0, 0.05) is 43.5 Å². The Hall–Kier alpha value is -1.52. The summed E-state index contributed by atoms with van der Waals surface area (Å²) in [6, 6.07) is 0. The predicted molar refractivity (Wildman–Crippen MR) is 91.8 cm³/mol. The summed E-state index contributed by atoms with van der Waals surface area (Å²) in [6.45, 7) is 16.4. The second-order valence-electron chi connectivity index (χ2n) is 7.82. The second kappa shape index (κ2) is 5.94. The van der Waals surface area contributed by atoms with E-state index in [4.69, 9.17) is 0 Å². The van der Waals surface area contributed by atoms with Crippen molar-refractivity contribution in [3.63, 3.8) is 0 Å². The zero-order valence-electron chi connectivity index (χ0n) is 15.1. The molecule has 5 heteroatoms. The molecule has 0 spiro atoms. The van der Waals surface area contributed by atoms with Crippen molar-refractivity contribution in [2.24, 2.45) is 16.3 Å². The SMILES string of the molecule is CN=C(NCc1nccn1CC(C)C)N1CC(C)(C)C1(C)C. The van der Waals surface area contributed by atoms with E-state index in [0.29, 0.717) is 17.9 Å². The van der Waals surface area contributed by atoms with E-state index in [1.54, 1.807) is 0 Å². The number of guanidine groups is 1. The van der Waals surface area contributed by atoms with E-state index < -0.39 is 0 Å². The van der Waals surface area contributed by atoms with Crippen molar-refractivity contribution < 1.29 is 0 Å². The van der Waals surface area contributed by atoms with Crippen LogP contribution in [0.25, 0.3) is 0 Å². The number of likely N-dealkylation sites (tertiary alicyclic amines) is 1. The lowest BCUT2D eigenvalue weighted by Gasteiger charge is -2.62. The van der Waals surface area contributed by atoms with Crippen LogP contribution in [0.15, 0.2) is 17.4 Å². The molecule has 0 bridgehead atoms. The van der Waals surface area contributed by atoms with Crippen molar-refractivity contribution >= 4 is 5.96 Å². The van der Waals surface area contributed by atoms with Gasteiger partial charge < -0.3 is 14.8 Å². The molecule has 0 aromatic carbocycles. The fraction of sp³-hybridized carbons (Fsp3) is 0.765. The Kier molecular flexibility index (Phi) is 4.54. The van der Waals surface area contributed by atoms with Crippen molar-refractivity contribution in [1.29, 1.82) is 0 Å². The maximum atomic E-state index is 4.47. The van der Waals surface area contributed by atoms with Crippen LogP contribution in [-0.4, -0.2) is 39.5 Å². The lowest BCUT2D eigenvalue weighted by Crippen LogP contribution is -2.72. The molecule has 0 aliphatic carbocycles. The molecule has 0 amide bonds. The number of hydrogen-bond donors (Lipinski definition) is 1. The maximum Gasteiger partial charge on any atom is 0.194 e. The van der Waals surface area contributed by atoms with E-state index in [-0.39, 0.29) is 5.54 Å². The molecule has 1 N–H and O–H groups in total. The van der Waals surface area contributed by atoms with Gasteiger partial charge in [0.25, 0.3) is 0 Å². The fourth-order valence-electron chi connectivity index (χ4n) is 2.92. The molecule has 1 aliphatic rings. The Morgan fingerprint density at radius 2 is 2.05 bits per heavy atom. The van der Waals surface area contributed by atoms with Gasteiger partial charge >= 0.3 is 0 Å². The molecule has 1 fully saturated rings. The van der Waals surface area contributed by atoms with Gasteiger partial charge in [0.15, 0.2) is 5.96 Å². The van der Waals surface area contributed by atoms with E-state index >= 15 is 0 Å². The molecule has 2 rings (SSSR count). The van der Waals surface area contributed by atoms with Gasteiger partial charge in [-0.2, -0.15) is 0 Å². The topological polar surface area (TPSA) is 45.5 Å². The van der Waals surface area contributed by atoms with Crippen LogP contribution >= 0.6 is 0 Å². The number of nitrogens with one attached hydrogen (secondary N) is 1. The van der Waals surface area contributed by atoms with Crippen molar-refractivity contribution in [2.45, 2.75) is 60.2 Å². The summed E-state index contributed by atoms with van der Waals surface area (Å²) in [7, 11) is 1.85. The van der Waals surface area contributed by atoms with Crippen LogP contribution in [0, 0.1) is 11.3 Å². The van der Waals surface area contributed by atoms with Crippen LogP contribution < -0.4 is 5.32 Å². The highest BCUT2D eigenvalue weighted by Crippen LogP contribution is 2.46. The maximum absolute atomic E-state index is 4.47. The summed E-state index contributed by atoms with van der Waals surface area (Å²) in [6.07, 6.45) is 3.93. The van der Waals surface area contributed by atoms with Crippen LogP contribution in [0.5, 0.6) is 0 Å². The molecule has 1 aromatic heterocycles. The van der Waals surface area contributed by atoms with Crippen LogP contribution in [0.3, 0.4) is 0 Å². The first-order valence-corrected chi connectivity index (χ1v) is 8.17. The molecule has 0 unspecified atom stereocenters. The summed E-state index contributed by atoms with van der Waals surface area (Å²) in [5.41, 5.74) is 0.420. The molecule has 0 saturated carbocycles. The normalized spacial score (nSPS) is 20.2. The summed E-state index contributed by atoms with van der Waals surface area (Å²) < 4.78 is 2.22. The van der Waals surface area contributed by atoms with Gasteiger partial charge in [-0.3, -0.25) is 4.99 Å². The van der Waals surface area contributed by atoms with Crippen molar-refractivity contribution in [3.8, 4) is 0 Å². The summed E-state index contributed by atoms with van der Waals surface area (Å²) in [5, 5.41) is 3.47. The van der Waals surface area contributed by atoms with Gasteiger partial charge in [0.2, 0.25) is 0 Å². The Morgan fingerprint density at radius 3 is 2.55 bits per heavy atom. The quantitative estimate of drug-likeness (QED) is 0.687. The van der Waals surface area contributed by atoms with E-state index in [2.05, 4.69) is 72.5 Å². The first-order valence-electron chi connectivity index (χ1n) is 8.17. The third-order valence-electron chi connectivity index (χ3n) is 5.12. The van der Waals surface area contributed by atoms with Crippen molar-refractivity contribution in [2.75, 3.05) is 13.6 Å². The molecule has 124 valence electrons. The minimum Gasteiger partial charge on any atom is -0.349 e. The Labute approximate surface area is 134 Å². The van der Waals surface area contributed by atoms with E-state index in [0.717, 1.165) is 24.9 Å². The lowest BCUT2D eigenvalue weighted by atomic mass is 9.65. The molecule has 5 nitrogen and oxygen atoms in total. The lowest BCUT2D eigenvalue weighted by molar-refractivity contribution is -0.0668. The van der Waals surface area contributed by atoms with E-state index in [1.165, 1.54) is 0 Å². The van der Waals surface area contributed by atoms with Gasteiger partial charge in [-0.15, -0.1) is 0 Å². The van der Waals surface area contributed by atoms with Gasteiger partial charge in [-0.25, -0.2) is 4.98 Å². The average Bonchev–Trinajstić information content (AvgIpc) is 2.84. The van der Waals surface area contributed by atoms with E-state index in [1.807, 2.05) is 13.2 Å². The fourth-order valence-corrected chi connectivity index (χ4v) is 2.92. The van der Waals surface area contributed by atoms with Gasteiger partial charge in [-0.05, 0) is 19.8 Å². The Morgan fingerprint density at radius 1 is 1.36 bits per heavy atom. The molecular weight excluding hydrogens is 274 g/mol. The molecule has 0 atom stereocenters. The Bertz CT molecular complexity index is 539. The average molecular weight is 305 g/mol. The van der Waals surface area contributed by atoms with Crippen LogP contribution in [0.4, 0.5) is 0 Å². The number of nitrogens with zero attached hydrogens (tertiary/aromatic N) is 4. The third-order valence-corrected chi connectivity index (χ3v) is 5.12. The number of rotatable bonds is 4.